The Morgan fingerprint density at radius 3 is 2.11 bits per heavy atom. The fraction of sp³-hybridized carbons (Fsp3) is 0.486. The van der Waals surface area contributed by atoms with Crippen molar-refractivity contribution >= 4 is 41.0 Å². The van der Waals surface area contributed by atoms with E-state index in [0.717, 1.165) is 59.0 Å². The van der Waals surface area contributed by atoms with Crippen molar-refractivity contribution in [1.82, 2.24) is 15.1 Å². The third kappa shape index (κ3) is 9.83. The molecule has 9 heteroatoms. The maximum absolute atomic E-state index is 13.3. The van der Waals surface area contributed by atoms with Crippen molar-refractivity contribution < 1.29 is 14.3 Å². The van der Waals surface area contributed by atoms with Gasteiger partial charge in [-0.15, -0.1) is 0 Å². The summed E-state index contributed by atoms with van der Waals surface area (Å²) in [6.45, 7) is 2.89. The van der Waals surface area contributed by atoms with Crippen molar-refractivity contribution in [2.24, 2.45) is 5.92 Å². The van der Waals surface area contributed by atoms with Gasteiger partial charge in [0.2, 0.25) is 5.91 Å². The zero-order valence-corrected chi connectivity index (χ0v) is 29.7. The monoisotopic (exact) mass is 681 g/mol. The molecule has 0 radical (unpaired) electrons. The van der Waals surface area contributed by atoms with Gasteiger partial charge in [0.1, 0.15) is 11.5 Å². The van der Waals surface area contributed by atoms with Crippen LogP contribution in [-0.4, -0.2) is 86.7 Å². The summed E-state index contributed by atoms with van der Waals surface area (Å²) in [5, 5.41) is 3.99. The van der Waals surface area contributed by atoms with Gasteiger partial charge in [-0.2, -0.15) is 23.5 Å². The van der Waals surface area contributed by atoms with E-state index in [1.807, 2.05) is 59.9 Å². The Bertz CT molecular complexity index is 1360. The Labute approximate surface area is 288 Å². The van der Waals surface area contributed by atoms with E-state index in [-0.39, 0.29) is 5.91 Å². The molecule has 6 nitrogen and oxygen atoms in total. The van der Waals surface area contributed by atoms with E-state index in [1.165, 1.54) is 29.5 Å². The van der Waals surface area contributed by atoms with Crippen molar-refractivity contribution in [3.8, 4) is 11.5 Å². The lowest BCUT2D eigenvalue weighted by atomic mass is 9.76. The summed E-state index contributed by atoms with van der Waals surface area (Å²) in [6.07, 6.45) is 3.65. The van der Waals surface area contributed by atoms with E-state index in [9.17, 15) is 4.79 Å². The van der Waals surface area contributed by atoms with Gasteiger partial charge in [0.05, 0.1) is 20.8 Å². The van der Waals surface area contributed by atoms with E-state index in [0.29, 0.717) is 37.0 Å². The largest absolute Gasteiger partial charge is 0.497 e. The number of amides is 1. The summed E-state index contributed by atoms with van der Waals surface area (Å²) in [7, 11) is 5.69. The molecule has 0 unspecified atom stereocenters. The van der Waals surface area contributed by atoms with Crippen LogP contribution in [0.2, 0.25) is 5.02 Å². The molecule has 248 valence electrons. The number of methoxy groups -OCH3 is 2. The van der Waals surface area contributed by atoms with E-state index in [4.69, 9.17) is 21.1 Å². The van der Waals surface area contributed by atoms with Crippen LogP contribution in [0.1, 0.15) is 41.9 Å². The lowest BCUT2D eigenvalue weighted by Crippen LogP contribution is -2.51. The molecule has 2 bridgehead atoms. The number of carbonyl (C=O) groups is 1. The van der Waals surface area contributed by atoms with Crippen LogP contribution in [0, 0.1) is 5.92 Å². The van der Waals surface area contributed by atoms with Crippen LogP contribution in [0.5, 0.6) is 11.5 Å². The zero-order valence-electron chi connectivity index (χ0n) is 27.3. The number of fused-ring (bicyclic) bond motifs is 2. The Morgan fingerprint density at radius 1 is 0.891 bits per heavy atom. The highest BCUT2D eigenvalue weighted by Gasteiger charge is 2.46. The quantitative estimate of drug-likeness (QED) is 0.151. The van der Waals surface area contributed by atoms with Gasteiger partial charge in [-0.25, -0.2) is 0 Å². The van der Waals surface area contributed by atoms with Crippen LogP contribution in [0.4, 0.5) is 0 Å². The smallest absolute Gasteiger partial charge is 0.234 e. The van der Waals surface area contributed by atoms with Crippen molar-refractivity contribution in [3.63, 3.8) is 0 Å². The maximum atomic E-state index is 13.3. The minimum Gasteiger partial charge on any atom is -0.497 e. The summed E-state index contributed by atoms with van der Waals surface area (Å²) in [6, 6.07) is 26.2. The average molecular weight is 682 g/mol. The summed E-state index contributed by atoms with van der Waals surface area (Å²) in [4.78, 5) is 18.3. The molecule has 46 heavy (non-hydrogen) atoms. The van der Waals surface area contributed by atoms with Crippen LogP contribution in [0.25, 0.3) is 0 Å². The highest BCUT2D eigenvalue weighted by Crippen LogP contribution is 2.46. The minimum atomic E-state index is 0.113. The molecule has 2 saturated heterocycles. The lowest BCUT2D eigenvalue weighted by molar-refractivity contribution is -0.122. The van der Waals surface area contributed by atoms with Gasteiger partial charge in [0.25, 0.3) is 0 Å². The second kappa shape index (κ2) is 17.7. The van der Waals surface area contributed by atoms with Gasteiger partial charge >= 0.3 is 0 Å². The standard InChI is InChI=1S/C37H48ClN3O3S2/c1-40-31-12-17-36(40)35(34(22-31)29-8-10-30(38)11-9-29)23-41(19-21-46-26-28-6-15-33(44-3)16-7-28)24-37(42)39-18-20-45-25-27-4-13-32(43-2)14-5-27/h4-11,13-16,31,34-36H,12,17-26H2,1-3H3,(H,39,42)/t31-,34+,35-,36+/m0/s1. The number of hydrogen-bond donors (Lipinski definition) is 1. The fourth-order valence-corrected chi connectivity index (χ4v) is 8.90. The molecule has 1 amide bonds. The number of thioether (sulfide) groups is 2. The van der Waals surface area contributed by atoms with Gasteiger partial charge in [0, 0.05) is 59.8 Å². The fourth-order valence-electron chi connectivity index (χ4n) is 6.99. The number of nitrogens with zero attached hydrogens (tertiary/aromatic N) is 2. The molecule has 0 aliphatic carbocycles. The van der Waals surface area contributed by atoms with Crippen molar-refractivity contribution in [1.29, 1.82) is 0 Å². The second-order valence-electron chi connectivity index (χ2n) is 12.4. The van der Waals surface area contributed by atoms with E-state index >= 15 is 0 Å². The van der Waals surface area contributed by atoms with E-state index in [1.54, 1.807) is 14.2 Å². The van der Waals surface area contributed by atoms with Gasteiger partial charge in [-0.05, 0) is 91.2 Å². The Hall–Kier alpha value is -2.36. The minimum absolute atomic E-state index is 0.113. The molecular weight excluding hydrogens is 634 g/mol. The number of nitrogens with one attached hydrogen (secondary N) is 1. The van der Waals surface area contributed by atoms with Crippen LogP contribution >= 0.6 is 35.1 Å². The molecule has 2 heterocycles. The van der Waals surface area contributed by atoms with Crippen molar-refractivity contribution in [2.75, 3.05) is 59.0 Å². The molecule has 0 saturated carbocycles. The number of ether oxygens (including phenoxy) is 2. The van der Waals surface area contributed by atoms with Crippen LogP contribution in [-0.2, 0) is 16.3 Å². The topological polar surface area (TPSA) is 54.0 Å². The number of hydrogen-bond acceptors (Lipinski definition) is 7. The van der Waals surface area contributed by atoms with Gasteiger partial charge in [-0.1, -0.05) is 48.0 Å². The predicted molar refractivity (Wildman–Crippen MR) is 195 cm³/mol. The van der Waals surface area contributed by atoms with Crippen LogP contribution in [0.3, 0.4) is 0 Å². The number of carbonyl (C=O) groups excluding carboxylic acids is 1. The van der Waals surface area contributed by atoms with Crippen LogP contribution in [0.15, 0.2) is 72.8 Å². The Balaban J connectivity index is 1.18. The molecule has 2 fully saturated rings. The first kappa shape index (κ1) is 35.0. The first-order valence-corrected chi connectivity index (χ1v) is 19.0. The number of halogens is 1. The molecule has 1 N–H and O–H groups in total. The molecule has 4 atom stereocenters. The lowest BCUT2D eigenvalue weighted by Gasteiger charge is -2.45. The maximum Gasteiger partial charge on any atom is 0.234 e. The summed E-state index contributed by atoms with van der Waals surface area (Å²) in [5.41, 5.74) is 3.93. The Kier molecular flexibility index (Phi) is 13.4. The first-order valence-electron chi connectivity index (χ1n) is 16.3. The molecule has 2 aliphatic rings. The van der Waals surface area contributed by atoms with Crippen molar-refractivity contribution in [3.05, 3.63) is 94.5 Å². The van der Waals surface area contributed by atoms with E-state index < -0.39 is 0 Å². The molecular formula is C37H48ClN3O3S2. The normalized spacial score (nSPS) is 21.0. The first-order chi connectivity index (χ1) is 22.4. The second-order valence-corrected chi connectivity index (χ2v) is 15.1. The molecule has 0 aromatic heterocycles. The SMILES string of the molecule is COc1ccc(CSCCNC(=O)CN(CCSCc2ccc(OC)cc2)C[C@H]2[C@@H](c3ccc(Cl)cc3)C[C@@H]3CC[C@H]2N3C)cc1. The highest BCUT2D eigenvalue weighted by molar-refractivity contribution is 7.98. The van der Waals surface area contributed by atoms with Crippen molar-refractivity contribution in [2.45, 2.75) is 48.8 Å². The zero-order chi connectivity index (χ0) is 32.3. The van der Waals surface area contributed by atoms with Gasteiger partial charge in [-0.3, -0.25) is 9.69 Å². The Morgan fingerprint density at radius 2 is 1.50 bits per heavy atom. The van der Waals surface area contributed by atoms with Gasteiger partial charge in [0.15, 0.2) is 0 Å². The molecule has 3 aromatic rings. The average Bonchev–Trinajstić information content (AvgIpc) is 3.32. The number of rotatable bonds is 17. The highest BCUT2D eigenvalue weighted by atomic mass is 35.5. The number of piperidine rings is 1. The van der Waals surface area contributed by atoms with Gasteiger partial charge < -0.3 is 19.7 Å². The molecule has 3 aromatic carbocycles. The van der Waals surface area contributed by atoms with Crippen LogP contribution < -0.4 is 14.8 Å². The molecule has 2 aliphatic heterocycles. The summed E-state index contributed by atoms with van der Waals surface area (Å²) in [5.74, 6) is 6.51. The third-order valence-corrected chi connectivity index (χ3v) is 11.8. The summed E-state index contributed by atoms with van der Waals surface area (Å²) < 4.78 is 10.6. The molecule has 5 rings (SSSR count). The summed E-state index contributed by atoms with van der Waals surface area (Å²) >= 11 is 10.0. The predicted octanol–water partition coefficient (Wildman–Crippen LogP) is 7.21. The third-order valence-electron chi connectivity index (χ3n) is 9.54. The van der Waals surface area contributed by atoms with E-state index in [2.05, 4.69) is 58.6 Å². The number of benzene rings is 3. The molecule has 0 spiro atoms.